The summed E-state index contributed by atoms with van der Waals surface area (Å²) in [5.74, 6) is 0.876. The lowest BCUT2D eigenvalue weighted by Crippen LogP contribution is -2.50. The SMILES string of the molecule is CC1=NC2(CCN(C(C)C)CC2)C(=O)N1. The second-order valence-corrected chi connectivity index (χ2v) is 4.81. The quantitative estimate of drug-likeness (QED) is 0.693. The van der Waals surface area contributed by atoms with E-state index in [1.807, 2.05) is 6.92 Å². The van der Waals surface area contributed by atoms with Crippen molar-refractivity contribution in [3.63, 3.8) is 0 Å². The predicted molar refractivity (Wildman–Crippen MR) is 59.9 cm³/mol. The molecule has 0 aromatic heterocycles. The molecule has 1 spiro atoms. The molecule has 0 radical (unpaired) electrons. The predicted octanol–water partition coefficient (Wildman–Crippen LogP) is 0.778. The third kappa shape index (κ3) is 1.78. The van der Waals surface area contributed by atoms with Crippen molar-refractivity contribution in [2.75, 3.05) is 13.1 Å². The van der Waals surface area contributed by atoms with E-state index in [2.05, 4.69) is 29.1 Å². The van der Waals surface area contributed by atoms with E-state index < -0.39 is 5.54 Å². The lowest BCUT2D eigenvalue weighted by molar-refractivity contribution is -0.125. The summed E-state index contributed by atoms with van der Waals surface area (Å²) in [5, 5.41) is 2.81. The molecular weight excluding hydrogens is 190 g/mol. The first-order chi connectivity index (χ1) is 7.03. The largest absolute Gasteiger partial charge is 0.313 e. The number of rotatable bonds is 1. The van der Waals surface area contributed by atoms with Gasteiger partial charge >= 0.3 is 0 Å². The molecule has 1 N–H and O–H groups in total. The molecule has 2 heterocycles. The molecule has 15 heavy (non-hydrogen) atoms. The van der Waals surface area contributed by atoms with E-state index in [-0.39, 0.29) is 5.91 Å². The fraction of sp³-hybridized carbons (Fsp3) is 0.818. The molecule has 1 fully saturated rings. The van der Waals surface area contributed by atoms with Crippen LogP contribution in [-0.2, 0) is 4.79 Å². The van der Waals surface area contributed by atoms with Crippen molar-refractivity contribution in [2.24, 2.45) is 4.99 Å². The van der Waals surface area contributed by atoms with Crippen molar-refractivity contribution in [3.8, 4) is 0 Å². The van der Waals surface area contributed by atoms with Crippen LogP contribution in [0.2, 0.25) is 0 Å². The van der Waals surface area contributed by atoms with Gasteiger partial charge in [0, 0.05) is 19.1 Å². The highest BCUT2D eigenvalue weighted by Gasteiger charge is 2.44. The minimum atomic E-state index is -0.435. The number of carbonyl (C=O) groups excluding carboxylic acids is 1. The number of nitrogens with one attached hydrogen (secondary N) is 1. The maximum atomic E-state index is 11.8. The van der Waals surface area contributed by atoms with E-state index in [0.717, 1.165) is 31.8 Å². The lowest BCUT2D eigenvalue weighted by Gasteiger charge is -2.37. The summed E-state index contributed by atoms with van der Waals surface area (Å²) in [5.41, 5.74) is -0.435. The Labute approximate surface area is 90.7 Å². The molecule has 4 heteroatoms. The highest BCUT2D eigenvalue weighted by molar-refractivity contribution is 6.07. The number of amides is 1. The first-order valence-electron chi connectivity index (χ1n) is 5.65. The zero-order valence-electron chi connectivity index (χ0n) is 9.71. The highest BCUT2D eigenvalue weighted by atomic mass is 16.2. The molecular formula is C11H19N3O. The topological polar surface area (TPSA) is 44.7 Å². The van der Waals surface area contributed by atoms with Gasteiger partial charge in [0.2, 0.25) is 0 Å². The monoisotopic (exact) mass is 209 g/mol. The molecule has 0 aromatic rings. The average Bonchev–Trinajstić information content (AvgIpc) is 2.42. The molecule has 0 atom stereocenters. The zero-order valence-corrected chi connectivity index (χ0v) is 9.71. The van der Waals surface area contributed by atoms with Gasteiger partial charge in [0.05, 0.1) is 0 Å². The molecule has 4 nitrogen and oxygen atoms in total. The molecule has 0 aliphatic carbocycles. The molecule has 84 valence electrons. The van der Waals surface area contributed by atoms with Crippen molar-refractivity contribution in [3.05, 3.63) is 0 Å². The van der Waals surface area contributed by atoms with Gasteiger partial charge in [-0.3, -0.25) is 9.79 Å². The normalized spacial score (nSPS) is 25.9. The molecule has 1 saturated heterocycles. The van der Waals surface area contributed by atoms with E-state index in [1.165, 1.54) is 0 Å². The minimum absolute atomic E-state index is 0.100. The summed E-state index contributed by atoms with van der Waals surface area (Å²) in [6, 6.07) is 0.567. The molecule has 2 rings (SSSR count). The second-order valence-electron chi connectivity index (χ2n) is 4.81. The number of piperidine rings is 1. The third-order valence-electron chi connectivity index (χ3n) is 3.45. The number of aliphatic imine (C=N–C) groups is 1. The minimum Gasteiger partial charge on any atom is -0.313 e. The molecule has 1 amide bonds. The van der Waals surface area contributed by atoms with Crippen LogP contribution in [-0.4, -0.2) is 41.3 Å². The van der Waals surface area contributed by atoms with E-state index in [9.17, 15) is 4.79 Å². The summed E-state index contributed by atoms with van der Waals surface area (Å²) in [6.07, 6.45) is 1.71. The Kier molecular flexibility index (Phi) is 2.54. The Morgan fingerprint density at radius 1 is 1.40 bits per heavy atom. The summed E-state index contributed by atoms with van der Waals surface area (Å²) >= 11 is 0. The second kappa shape index (κ2) is 3.59. The Hall–Kier alpha value is -0.900. The van der Waals surface area contributed by atoms with Gasteiger partial charge in [-0.2, -0.15) is 0 Å². The van der Waals surface area contributed by atoms with Gasteiger partial charge < -0.3 is 10.2 Å². The van der Waals surface area contributed by atoms with Crippen LogP contribution in [0.15, 0.2) is 4.99 Å². The van der Waals surface area contributed by atoms with E-state index in [4.69, 9.17) is 0 Å². The molecule has 2 aliphatic heterocycles. The van der Waals surface area contributed by atoms with Gasteiger partial charge in [0.25, 0.3) is 5.91 Å². The number of carbonyl (C=O) groups is 1. The maximum absolute atomic E-state index is 11.8. The van der Waals surface area contributed by atoms with Crippen LogP contribution in [0.3, 0.4) is 0 Å². The van der Waals surface area contributed by atoms with Crippen molar-refractivity contribution in [2.45, 2.75) is 45.2 Å². The highest BCUT2D eigenvalue weighted by Crippen LogP contribution is 2.30. The molecule has 0 unspecified atom stereocenters. The number of amidine groups is 1. The first kappa shape index (κ1) is 10.6. The fourth-order valence-corrected chi connectivity index (χ4v) is 2.43. The standard InChI is InChI=1S/C11H19N3O/c1-8(2)14-6-4-11(5-7-14)10(15)12-9(3)13-11/h8H,4-7H2,1-3H3,(H,12,13,15). The smallest absolute Gasteiger partial charge is 0.253 e. The van der Waals surface area contributed by atoms with Gasteiger partial charge in [0.15, 0.2) is 0 Å². The Morgan fingerprint density at radius 2 is 2.00 bits per heavy atom. The summed E-state index contributed by atoms with van der Waals surface area (Å²) in [7, 11) is 0. The fourth-order valence-electron chi connectivity index (χ4n) is 2.43. The molecule has 0 saturated carbocycles. The van der Waals surface area contributed by atoms with Crippen LogP contribution in [0.1, 0.15) is 33.6 Å². The van der Waals surface area contributed by atoms with E-state index >= 15 is 0 Å². The Balaban J connectivity index is 2.06. The maximum Gasteiger partial charge on any atom is 0.253 e. The van der Waals surface area contributed by atoms with Crippen LogP contribution in [0.25, 0.3) is 0 Å². The van der Waals surface area contributed by atoms with Crippen molar-refractivity contribution in [1.29, 1.82) is 0 Å². The van der Waals surface area contributed by atoms with Gasteiger partial charge in [-0.05, 0) is 33.6 Å². The molecule has 2 aliphatic rings. The van der Waals surface area contributed by atoms with Gasteiger partial charge in [0.1, 0.15) is 11.4 Å². The van der Waals surface area contributed by atoms with Gasteiger partial charge in [-0.15, -0.1) is 0 Å². The number of nitrogens with zero attached hydrogens (tertiary/aromatic N) is 2. The Bertz CT molecular complexity index is 301. The third-order valence-corrected chi connectivity index (χ3v) is 3.45. The first-order valence-corrected chi connectivity index (χ1v) is 5.65. The van der Waals surface area contributed by atoms with Crippen LogP contribution >= 0.6 is 0 Å². The number of likely N-dealkylation sites (tertiary alicyclic amines) is 1. The van der Waals surface area contributed by atoms with Crippen LogP contribution in [0.5, 0.6) is 0 Å². The number of hydrogen-bond acceptors (Lipinski definition) is 3. The molecule has 0 aromatic carbocycles. The van der Waals surface area contributed by atoms with Crippen LogP contribution in [0.4, 0.5) is 0 Å². The summed E-state index contributed by atoms with van der Waals surface area (Å²) < 4.78 is 0. The average molecular weight is 209 g/mol. The van der Waals surface area contributed by atoms with Crippen LogP contribution < -0.4 is 5.32 Å². The summed E-state index contributed by atoms with van der Waals surface area (Å²) in [6.45, 7) is 8.20. The lowest BCUT2D eigenvalue weighted by atomic mass is 9.87. The van der Waals surface area contributed by atoms with Crippen LogP contribution in [0, 0.1) is 0 Å². The Morgan fingerprint density at radius 3 is 2.40 bits per heavy atom. The van der Waals surface area contributed by atoms with Crippen molar-refractivity contribution < 1.29 is 4.79 Å². The van der Waals surface area contributed by atoms with E-state index in [0.29, 0.717) is 6.04 Å². The van der Waals surface area contributed by atoms with Crippen molar-refractivity contribution in [1.82, 2.24) is 10.2 Å². The van der Waals surface area contributed by atoms with Gasteiger partial charge in [-0.25, -0.2) is 0 Å². The number of hydrogen-bond donors (Lipinski definition) is 1. The zero-order chi connectivity index (χ0) is 11.1. The summed E-state index contributed by atoms with van der Waals surface area (Å²) in [4.78, 5) is 18.7. The molecule has 0 bridgehead atoms. The van der Waals surface area contributed by atoms with Crippen molar-refractivity contribution >= 4 is 11.7 Å². The van der Waals surface area contributed by atoms with E-state index in [1.54, 1.807) is 0 Å². The van der Waals surface area contributed by atoms with Gasteiger partial charge in [-0.1, -0.05) is 0 Å².